The molecule has 6 nitrogen and oxygen atoms in total. The standard InChI is InChI=1S/C22H29N3O3S2/c1-16-8-9-18(14-17(16)2)23-22(29)24-20-15-19(10-11-21(20)28-3)30(26,27)25-12-6-4-5-7-13-25/h8-11,14-15H,4-7,12-13H2,1-3H3,(H2,23,24,29). The van der Waals surface area contributed by atoms with Gasteiger partial charge in [0.1, 0.15) is 5.75 Å². The second-order valence-electron chi connectivity index (χ2n) is 7.56. The Bertz CT molecular complexity index is 1010. The lowest BCUT2D eigenvalue weighted by Gasteiger charge is -2.21. The summed E-state index contributed by atoms with van der Waals surface area (Å²) in [6.45, 7) is 5.21. The summed E-state index contributed by atoms with van der Waals surface area (Å²) in [4.78, 5) is 0.238. The second-order valence-corrected chi connectivity index (χ2v) is 9.90. The molecule has 2 aromatic carbocycles. The largest absolute Gasteiger partial charge is 0.495 e. The zero-order valence-corrected chi connectivity index (χ0v) is 19.3. The van der Waals surface area contributed by atoms with Crippen LogP contribution in [0.1, 0.15) is 36.8 Å². The van der Waals surface area contributed by atoms with Crippen molar-refractivity contribution in [1.82, 2.24) is 4.31 Å². The smallest absolute Gasteiger partial charge is 0.243 e. The minimum atomic E-state index is -3.56. The maximum absolute atomic E-state index is 13.1. The van der Waals surface area contributed by atoms with Gasteiger partial charge in [-0.1, -0.05) is 18.9 Å². The number of rotatable bonds is 5. The molecular formula is C22H29N3O3S2. The van der Waals surface area contributed by atoms with Crippen molar-refractivity contribution in [3.63, 3.8) is 0 Å². The molecule has 0 aromatic heterocycles. The molecule has 0 atom stereocenters. The Kier molecular flexibility index (Phi) is 7.33. The number of thiocarbonyl (C=S) groups is 1. The molecule has 0 aliphatic carbocycles. The van der Waals surface area contributed by atoms with Crippen molar-refractivity contribution in [2.45, 2.75) is 44.4 Å². The highest BCUT2D eigenvalue weighted by Gasteiger charge is 2.26. The lowest BCUT2D eigenvalue weighted by molar-refractivity contribution is 0.415. The van der Waals surface area contributed by atoms with Gasteiger partial charge >= 0.3 is 0 Å². The number of methoxy groups -OCH3 is 1. The third-order valence-electron chi connectivity index (χ3n) is 5.39. The summed E-state index contributed by atoms with van der Waals surface area (Å²) in [5, 5.41) is 6.59. The van der Waals surface area contributed by atoms with E-state index in [-0.39, 0.29) is 4.90 Å². The first-order valence-electron chi connectivity index (χ1n) is 10.1. The Morgan fingerprint density at radius 3 is 2.30 bits per heavy atom. The van der Waals surface area contributed by atoms with Crippen LogP contribution in [0.5, 0.6) is 5.75 Å². The van der Waals surface area contributed by atoms with Gasteiger partial charge in [-0.3, -0.25) is 0 Å². The zero-order chi connectivity index (χ0) is 21.7. The molecule has 1 saturated heterocycles. The van der Waals surface area contributed by atoms with Crippen molar-refractivity contribution >= 4 is 38.7 Å². The van der Waals surface area contributed by atoms with Crippen molar-refractivity contribution in [1.29, 1.82) is 0 Å². The van der Waals surface area contributed by atoms with Gasteiger partial charge in [-0.15, -0.1) is 0 Å². The number of hydrogen-bond acceptors (Lipinski definition) is 4. The Labute approximate surface area is 184 Å². The fraction of sp³-hybridized carbons (Fsp3) is 0.409. The molecule has 0 amide bonds. The van der Waals surface area contributed by atoms with E-state index in [9.17, 15) is 8.42 Å². The Morgan fingerprint density at radius 1 is 0.967 bits per heavy atom. The van der Waals surface area contributed by atoms with Crippen LogP contribution in [-0.4, -0.2) is 38.0 Å². The maximum atomic E-state index is 13.1. The first kappa shape index (κ1) is 22.5. The molecule has 0 spiro atoms. The van der Waals surface area contributed by atoms with Gasteiger partial charge in [0.25, 0.3) is 0 Å². The molecule has 30 heavy (non-hydrogen) atoms. The second kappa shape index (κ2) is 9.76. The Hall–Kier alpha value is -2.16. The fourth-order valence-electron chi connectivity index (χ4n) is 3.48. The van der Waals surface area contributed by atoms with E-state index in [1.807, 2.05) is 25.1 Å². The summed E-state index contributed by atoms with van der Waals surface area (Å²) in [6, 6.07) is 10.8. The highest BCUT2D eigenvalue weighted by atomic mass is 32.2. The van der Waals surface area contributed by atoms with E-state index in [0.29, 0.717) is 29.6 Å². The van der Waals surface area contributed by atoms with Gasteiger partial charge in [0.05, 0.1) is 17.7 Å². The summed E-state index contributed by atoms with van der Waals surface area (Å²) < 4.78 is 33.3. The predicted octanol–water partition coefficient (Wildman–Crippen LogP) is 4.69. The Balaban J connectivity index is 1.81. The van der Waals surface area contributed by atoms with E-state index in [1.165, 1.54) is 5.56 Å². The van der Waals surface area contributed by atoms with Crippen molar-refractivity contribution in [2.24, 2.45) is 0 Å². The molecule has 0 radical (unpaired) electrons. The topological polar surface area (TPSA) is 70.7 Å². The number of nitrogens with zero attached hydrogens (tertiary/aromatic N) is 1. The number of aryl methyl sites for hydroxylation is 2. The summed E-state index contributed by atoms with van der Waals surface area (Å²) in [5.41, 5.74) is 3.73. The first-order valence-corrected chi connectivity index (χ1v) is 12.0. The number of benzene rings is 2. The van der Waals surface area contributed by atoms with E-state index in [0.717, 1.165) is 36.9 Å². The van der Waals surface area contributed by atoms with Gasteiger partial charge in [-0.2, -0.15) is 4.31 Å². The van der Waals surface area contributed by atoms with E-state index < -0.39 is 10.0 Å². The van der Waals surface area contributed by atoms with Crippen LogP contribution in [0.3, 0.4) is 0 Å². The average Bonchev–Trinajstić information content (AvgIpc) is 3.01. The van der Waals surface area contributed by atoms with Crippen LogP contribution in [0.15, 0.2) is 41.3 Å². The molecule has 2 N–H and O–H groups in total. The number of ether oxygens (including phenoxy) is 1. The van der Waals surface area contributed by atoms with Gasteiger partial charge in [-0.05, 0) is 80.4 Å². The Morgan fingerprint density at radius 2 is 1.67 bits per heavy atom. The van der Waals surface area contributed by atoms with Crippen LogP contribution >= 0.6 is 12.2 Å². The highest BCUT2D eigenvalue weighted by molar-refractivity contribution is 7.89. The quantitative estimate of drug-likeness (QED) is 0.648. The van der Waals surface area contributed by atoms with Crippen LogP contribution in [0.2, 0.25) is 0 Å². The number of nitrogens with one attached hydrogen (secondary N) is 2. The average molecular weight is 448 g/mol. The SMILES string of the molecule is COc1ccc(S(=O)(=O)N2CCCCCC2)cc1NC(=S)Nc1ccc(C)c(C)c1. The number of hydrogen-bond donors (Lipinski definition) is 2. The normalized spacial score (nSPS) is 15.3. The molecule has 162 valence electrons. The van der Waals surface area contributed by atoms with Crippen molar-refractivity contribution in [3.8, 4) is 5.75 Å². The van der Waals surface area contributed by atoms with Crippen molar-refractivity contribution < 1.29 is 13.2 Å². The van der Waals surface area contributed by atoms with Crippen LogP contribution in [0.25, 0.3) is 0 Å². The summed E-state index contributed by atoms with van der Waals surface area (Å²) in [6.07, 6.45) is 3.93. The lowest BCUT2D eigenvalue weighted by atomic mass is 10.1. The predicted molar refractivity (Wildman–Crippen MR) is 126 cm³/mol. The van der Waals surface area contributed by atoms with Gasteiger partial charge in [0.2, 0.25) is 10.0 Å². The molecule has 1 aliphatic rings. The lowest BCUT2D eigenvalue weighted by Crippen LogP contribution is -2.32. The van der Waals surface area contributed by atoms with Crippen LogP contribution < -0.4 is 15.4 Å². The monoisotopic (exact) mass is 447 g/mol. The minimum absolute atomic E-state index is 0.238. The molecule has 0 saturated carbocycles. The zero-order valence-electron chi connectivity index (χ0n) is 17.7. The molecule has 0 bridgehead atoms. The van der Waals surface area contributed by atoms with Gasteiger partial charge in [-0.25, -0.2) is 8.42 Å². The summed E-state index contributed by atoms with van der Waals surface area (Å²) >= 11 is 5.44. The number of anilines is 2. The fourth-order valence-corrected chi connectivity index (χ4v) is 5.25. The summed E-state index contributed by atoms with van der Waals surface area (Å²) in [7, 11) is -2.02. The van der Waals surface area contributed by atoms with Crippen molar-refractivity contribution in [3.05, 3.63) is 47.5 Å². The third-order valence-corrected chi connectivity index (χ3v) is 7.49. The molecule has 8 heteroatoms. The van der Waals surface area contributed by atoms with Crippen molar-refractivity contribution in [2.75, 3.05) is 30.8 Å². The molecule has 1 fully saturated rings. The summed E-state index contributed by atoms with van der Waals surface area (Å²) in [5.74, 6) is 0.522. The van der Waals surface area contributed by atoms with E-state index in [1.54, 1.807) is 29.6 Å². The van der Waals surface area contributed by atoms with Gasteiger partial charge in [0.15, 0.2) is 5.11 Å². The molecule has 1 aliphatic heterocycles. The first-order chi connectivity index (χ1) is 14.3. The van der Waals surface area contributed by atoms with Gasteiger partial charge < -0.3 is 15.4 Å². The van der Waals surface area contributed by atoms with Crippen LogP contribution in [0.4, 0.5) is 11.4 Å². The van der Waals surface area contributed by atoms with Gasteiger partial charge in [0, 0.05) is 18.8 Å². The maximum Gasteiger partial charge on any atom is 0.243 e. The minimum Gasteiger partial charge on any atom is -0.495 e. The van der Waals surface area contributed by atoms with E-state index >= 15 is 0 Å². The number of sulfonamides is 1. The van der Waals surface area contributed by atoms with Crippen LogP contribution in [-0.2, 0) is 10.0 Å². The van der Waals surface area contributed by atoms with Crippen LogP contribution in [0, 0.1) is 13.8 Å². The molecule has 2 aromatic rings. The molecule has 0 unspecified atom stereocenters. The van der Waals surface area contributed by atoms with E-state index in [2.05, 4.69) is 17.6 Å². The molecule has 1 heterocycles. The third kappa shape index (κ3) is 5.30. The highest BCUT2D eigenvalue weighted by Crippen LogP contribution is 2.30. The molecule has 3 rings (SSSR count). The van der Waals surface area contributed by atoms with E-state index in [4.69, 9.17) is 17.0 Å². The molecular weight excluding hydrogens is 418 g/mol.